The number of aromatic nitrogens is 2. The van der Waals surface area contributed by atoms with E-state index in [1.54, 1.807) is 14.0 Å². The van der Waals surface area contributed by atoms with Gasteiger partial charge in [0.2, 0.25) is 5.89 Å². The van der Waals surface area contributed by atoms with Gasteiger partial charge in [0.05, 0.1) is 25.8 Å². The van der Waals surface area contributed by atoms with Crippen molar-refractivity contribution in [1.82, 2.24) is 25.7 Å². The Balaban J connectivity index is 0.00000280. The minimum atomic E-state index is -0.236. The molecule has 0 spiro atoms. The molecular formula is C18H26FIN6O2. The van der Waals surface area contributed by atoms with E-state index in [1.807, 2.05) is 12.1 Å². The lowest BCUT2D eigenvalue weighted by Gasteiger charge is -2.35. The summed E-state index contributed by atoms with van der Waals surface area (Å²) in [4.78, 5) is 10.7. The molecule has 2 heterocycles. The average molecular weight is 504 g/mol. The summed E-state index contributed by atoms with van der Waals surface area (Å²) in [5, 5.41) is 10.3. The second kappa shape index (κ2) is 11.3. The number of aryl methyl sites for hydroxylation is 1. The smallest absolute Gasteiger partial charge is 0.246 e. The van der Waals surface area contributed by atoms with Crippen LogP contribution in [0.4, 0.5) is 4.39 Å². The van der Waals surface area contributed by atoms with Gasteiger partial charge in [-0.3, -0.25) is 9.89 Å². The molecule has 1 aliphatic rings. The van der Waals surface area contributed by atoms with E-state index in [9.17, 15) is 4.39 Å². The number of benzene rings is 1. The lowest BCUT2D eigenvalue weighted by molar-refractivity contribution is 0.0170. The van der Waals surface area contributed by atoms with E-state index in [4.69, 9.17) is 9.26 Å². The topological polar surface area (TPSA) is 87.8 Å². The van der Waals surface area contributed by atoms with Gasteiger partial charge in [-0.25, -0.2) is 4.39 Å². The predicted molar refractivity (Wildman–Crippen MR) is 114 cm³/mol. The van der Waals surface area contributed by atoms with Gasteiger partial charge < -0.3 is 19.9 Å². The molecule has 8 nitrogen and oxygen atoms in total. The number of rotatable bonds is 6. The van der Waals surface area contributed by atoms with E-state index in [0.717, 1.165) is 18.7 Å². The molecule has 1 unspecified atom stereocenters. The van der Waals surface area contributed by atoms with Crippen molar-refractivity contribution in [1.29, 1.82) is 0 Å². The number of aliphatic imine (C=N–C) groups is 1. The van der Waals surface area contributed by atoms with Crippen LogP contribution in [0.1, 0.15) is 23.3 Å². The van der Waals surface area contributed by atoms with Crippen molar-refractivity contribution in [2.75, 3.05) is 39.9 Å². The number of hydrogen-bond acceptors (Lipinski definition) is 6. The molecule has 0 aliphatic carbocycles. The minimum absolute atomic E-state index is 0. The van der Waals surface area contributed by atoms with E-state index in [0.29, 0.717) is 44.0 Å². The second-order valence-electron chi connectivity index (χ2n) is 6.26. The molecule has 1 aliphatic heterocycles. The van der Waals surface area contributed by atoms with Crippen LogP contribution in [0, 0.1) is 12.7 Å². The molecule has 28 heavy (non-hydrogen) atoms. The molecule has 1 saturated heterocycles. The van der Waals surface area contributed by atoms with Crippen molar-refractivity contribution < 1.29 is 13.7 Å². The Labute approximate surface area is 180 Å². The lowest BCUT2D eigenvalue weighted by Crippen LogP contribution is -2.46. The van der Waals surface area contributed by atoms with Gasteiger partial charge in [0.1, 0.15) is 5.82 Å². The Morgan fingerprint density at radius 3 is 2.57 bits per heavy atom. The van der Waals surface area contributed by atoms with Crippen LogP contribution >= 0.6 is 24.0 Å². The number of nitrogens with zero attached hydrogens (tertiary/aromatic N) is 4. The van der Waals surface area contributed by atoms with Gasteiger partial charge in [-0.05, 0) is 24.6 Å². The third kappa shape index (κ3) is 6.38. The van der Waals surface area contributed by atoms with Crippen LogP contribution in [0.5, 0.6) is 0 Å². The van der Waals surface area contributed by atoms with Gasteiger partial charge in [-0.1, -0.05) is 17.3 Å². The number of halogens is 2. The van der Waals surface area contributed by atoms with Gasteiger partial charge >= 0.3 is 0 Å². The Bertz CT molecular complexity index is 749. The van der Waals surface area contributed by atoms with E-state index in [2.05, 4.69) is 30.7 Å². The zero-order valence-electron chi connectivity index (χ0n) is 16.0. The zero-order chi connectivity index (χ0) is 19.1. The molecule has 10 heteroatoms. The molecule has 0 saturated carbocycles. The summed E-state index contributed by atoms with van der Waals surface area (Å²) in [5.74, 6) is 1.49. The first-order chi connectivity index (χ1) is 13.2. The average Bonchev–Trinajstić information content (AvgIpc) is 3.11. The van der Waals surface area contributed by atoms with Crippen molar-refractivity contribution in [3.8, 4) is 0 Å². The Hall–Kier alpha value is -1.79. The largest absolute Gasteiger partial charge is 0.379 e. The molecule has 1 aromatic heterocycles. The highest BCUT2D eigenvalue weighted by Gasteiger charge is 2.23. The van der Waals surface area contributed by atoms with Crippen molar-refractivity contribution in [2.45, 2.75) is 19.5 Å². The molecular weight excluding hydrogens is 478 g/mol. The van der Waals surface area contributed by atoms with Crippen LogP contribution in [0.3, 0.4) is 0 Å². The van der Waals surface area contributed by atoms with Crippen molar-refractivity contribution in [3.05, 3.63) is 47.4 Å². The number of nitrogens with one attached hydrogen (secondary N) is 2. The summed E-state index contributed by atoms with van der Waals surface area (Å²) in [7, 11) is 1.70. The molecule has 1 atom stereocenters. The third-order valence-corrected chi connectivity index (χ3v) is 4.40. The van der Waals surface area contributed by atoms with E-state index >= 15 is 0 Å². The molecule has 1 fully saturated rings. The summed E-state index contributed by atoms with van der Waals surface area (Å²) in [6.07, 6.45) is 0. The van der Waals surface area contributed by atoms with Gasteiger partial charge in [0.15, 0.2) is 11.8 Å². The summed E-state index contributed by atoms with van der Waals surface area (Å²) in [5.41, 5.74) is 1.05. The third-order valence-electron chi connectivity index (χ3n) is 4.40. The molecule has 2 aromatic rings. The quantitative estimate of drug-likeness (QED) is 0.353. The monoisotopic (exact) mass is 504 g/mol. The summed E-state index contributed by atoms with van der Waals surface area (Å²) >= 11 is 0. The zero-order valence-corrected chi connectivity index (χ0v) is 18.4. The number of guanidine groups is 1. The number of hydrogen-bond donors (Lipinski definition) is 2. The molecule has 154 valence electrons. The van der Waals surface area contributed by atoms with Crippen LogP contribution < -0.4 is 10.6 Å². The fourth-order valence-electron chi connectivity index (χ4n) is 3.02. The Morgan fingerprint density at radius 2 is 1.96 bits per heavy atom. The highest BCUT2D eigenvalue weighted by molar-refractivity contribution is 14.0. The molecule has 1 aromatic carbocycles. The van der Waals surface area contributed by atoms with Crippen LogP contribution in [-0.2, 0) is 11.3 Å². The maximum atomic E-state index is 13.3. The van der Waals surface area contributed by atoms with Crippen LogP contribution in [0.25, 0.3) is 0 Å². The number of ether oxygens (including phenoxy) is 1. The molecule has 0 radical (unpaired) electrons. The normalized spacial score (nSPS) is 16.3. The maximum absolute atomic E-state index is 13.3. The van der Waals surface area contributed by atoms with E-state index in [1.165, 1.54) is 12.1 Å². The van der Waals surface area contributed by atoms with E-state index in [-0.39, 0.29) is 35.8 Å². The highest BCUT2D eigenvalue weighted by atomic mass is 127. The highest BCUT2D eigenvalue weighted by Crippen LogP contribution is 2.21. The van der Waals surface area contributed by atoms with E-state index < -0.39 is 0 Å². The molecule has 2 N–H and O–H groups in total. The summed E-state index contributed by atoms with van der Waals surface area (Å²) < 4.78 is 23.9. The van der Waals surface area contributed by atoms with Gasteiger partial charge in [-0.2, -0.15) is 4.98 Å². The van der Waals surface area contributed by atoms with Crippen molar-refractivity contribution in [2.24, 2.45) is 4.99 Å². The first-order valence-electron chi connectivity index (χ1n) is 8.96. The van der Waals surface area contributed by atoms with Gasteiger partial charge in [0.25, 0.3) is 0 Å². The van der Waals surface area contributed by atoms with Crippen LogP contribution in [-0.4, -0.2) is 60.9 Å². The molecule has 0 bridgehead atoms. The fraction of sp³-hybridized carbons (Fsp3) is 0.500. The van der Waals surface area contributed by atoms with Crippen LogP contribution in [0.2, 0.25) is 0 Å². The SMILES string of the molecule is CN=C(NCc1nc(C)no1)NCC(c1ccc(F)cc1)N1CCOCC1.I. The molecule has 0 amide bonds. The predicted octanol–water partition coefficient (Wildman–Crippen LogP) is 1.87. The first kappa shape index (κ1) is 22.5. The standard InChI is InChI=1S/C18H25FN6O2.HI/c1-13-23-17(27-24-13)12-22-18(20-2)21-11-16(25-7-9-26-10-8-25)14-3-5-15(19)6-4-14;/h3-6,16H,7-12H2,1-2H3,(H2,20,21,22);1H. The number of morpholine rings is 1. The maximum Gasteiger partial charge on any atom is 0.246 e. The molecule has 3 rings (SSSR count). The van der Waals surface area contributed by atoms with Crippen molar-refractivity contribution >= 4 is 29.9 Å². The van der Waals surface area contributed by atoms with Crippen LogP contribution in [0.15, 0.2) is 33.8 Å². The lowest BCUT2D eigenvalue weighted by atomic mass is 10.0. The van der Waals surface area contributed by atoms with Crippen molar-refractivity contribution in [3.63, 3.8) is 0 Å². The fourth-order valence-corrected chi connectivity index (χ4v) is 3.02. The van der Waals surface area contributed by atoms with Gasteiger partial charge in [-0.15, -0.1) is 24.0 Å². The van der Waals surface area contributed by atoms with Gasteiger partial charge in [0, 0.05) is 26.7 Å². The minimum Gasteiger partial charge on any atom is -0.379 e. The Kier molecular flexibility index (Phi) is 9.06. The second-order valence-corrected chi connectivity index (χ2v) is 6.26. The summed E-state index contributed by atoms with van der Waals surface area (Å²) in [6, 6.07) is 6.73. The Morgan fingerprint density at radius 1 is 1.25 bits per heavy atom. The summed E-state index contributed by atoms with van der Waals surface area (Å²) in [6.45, 7) is 5.83. The first-order valence-corrected chi connectivity index (χ1v) is 8.96.